The molecule has 17 heavy (non-hydrogen) atoms. The van der Waals surface area contributed by atoms with Gasteiger partial charge in [0.2, 0.25) is 0 Å². The van der Waals surface area contributed by atoms with E-state index in [9.17, 15) is 9.59 Å². The molecular weight excluding hydrogens is 216 g/mol. The molecule has 4 heteroatoms. The summed E-state index contributed by atoms with van der Waals surface area (Å²) in [6.45, 7) is 1.94. The molecule has 1 aliphatic carbocycles. The number of nitrogens with one attached hydrogen (secondary N) is 1. The van der Waals surface area contributed by atoms with Crippen LogP contribution >= 0.6 is 0 Å². The second-order valence-corrected chi connectivity index (χ2v) is 4.74. The highest BCUT2D eigenvalue weighted by Gasteiger charge is 2.23. The Labute approximate surface area is 97.9 Å². The maximum atomic E-state index is 12.3. The first kappa shape index (κ1) is 10.3. The van der Waals surface area contributed by atoms with Gasteiger partial charge < -0.3 is 4.98 Å². The van der Waals surface area contributed by atoms with Crippen LogP contribution in [0.1, 0.15) is 30.9 Å². The number of hydrogen-bond donors (Lipinski definition) is 1. The highest BCUT2D eigenvalue weighted by Crippen LogP contribution is 2.29. The van der Waals surface area contributed by atoms with Gasteiger partial charge in [-0.15, -0.1) is 0 Å². The Bertz CT molecular complexity index is 693. The molecule has 88 valence electrons. The van der Waals surface area contributed by atoms with Gasteiger partial charge in [0.1, 0.15) is 0 Å². The summed E-state index contributed by atoms with van der Waals surface area (Å²) in [6.07, 6.45) is 2.96. The van der Waals surface area contributed by atoms with E-state index in [2.05, 4.69) is 4.98 Å². The van der Waals surface area contributed by atoms with E-state index in [1.165, 1.54) is 4.57 Å². The summed E-state index contributed by atoms with van der Waals surface area (Å²) >= 11 is 0. The Morgan fingerprint density at radius 1 is 1.29 bits per heavy atom. The molecule has 1 aromatic heterocycles. The lowest BCUT2D eigenvalue weighted by molar-refractivity contribution is 0.298. The average molecular weight is 230 g/mol. The fourth-order valence-electron chi connectivity index (χ4n) is 2.32. The third-order valence-corrected chi connectivity index (χ3v) is 3.52. The normalized spacial score (nSPS) is 16.1. The van der Waals surface area contributed by atoms with Crippen LogP contribution in [-0.2, 0) is 0 Å². The van der Waals surface area contributed by atoms with Gasteiger partial charge in [0.25, 0.3) is 5.56 Å². The van der Waals surface area contributed by atoms with Crippen LogP contribution in [0.4, 0.5) is 0 Å². The molecule has 1 aliphatic rings. The standard InChI is InChI=1S/C13H14N2O2/c1-8-5-6-11-10(7-8)12(16)15(13(17)14-11)9-3-2-4-9/h5-7,9H,2-4H2,1H3,(H,14,17). The molecule has 0 amide bonds. The molecule has 0 bridgehead atoms. The number of rotatable bonds is 1. The molecule has 0 atom stereocenters. The zero-order valence-corrected chi connectivity index (χ0v) is 9.69. The summed E-state index contributed by atoms with van der Waals surface area (Å²) in [7, 11) is 0. The van der Waals surface area contributed by atoms with Gasteiger partial charge in [-0.2, -0.15) is 0 Å². The van der Waals surface area contributed by atoms with Crippen molar-refractivity contribution < 1.29 is 0 Å². The maximum Gasteiger partial charge on any atom is 0.329 e. The van der Waals surface area contributed by atoms with Crippen LogP contribution in [0.3, 0.4) is 0 Å². The summed E-state index contributed by atoms with van der Waals surface area (Å²) < 4.78 is 1.38. The van der Waals surface area contributed by atoms with Crippen molar-refractivity contribution in [3.63, 3.8) is 0 Å². The van der Waals surface area contributed by atoms with Gasteiger partial charge >= 0.3 is 5.69 Å². The number of nitrogens with zero attached hydrogens (tertiary/aromatic N) is 1. The summed E-state index contributed by atoms with van der Waals surface area (Å²) in [5.41, 5.74) is 1.22. The molecule has 0 radical (unpaired) electrons. The molecule has 0 unspecified atom stereocenters. The largest absolute Gasteiger partial charge is 0.329 e. The minimum absolute atomic E-state index is 0.0937. The monoisotopic (exact) mass is 230 g/mol. The number of hydrogen-bond acceptors (Lipinski definition) is 2. The number of fused-ring (bicyclic) bond motifs is 1. The van der Waals surface area contributed by atoms with Crippen LogP contribution in [0.15, 0.2) is 27.8 Å². The molecule has 2 aromatic rings. The van der Waals surface area contributed by atoms with E-state index in [1.54, 1.807) is 6.07 Å². The van der Waals surface area contributed by atoms with Crippen LogP contribution in [0.25, 0.3) is 10.9 Å². The third-order valence-electron chi connectivity index (χ3n) is 3.52. The van der Waals surface area contributed by atoms with Crippen molar-refractivity contribution >= 4 is 10.9 Å². The topological polar surface area (TPSA) is 54.9 Å². The Morgan fingerprint density at radius 2 is 2.06 bits per heavy atom. The molecule has 1 aromatic carbocycles. The molecule has 0 spiro atoms. The molecule has 1 saturated carbocycles. The van der Waals surface area contributed by atoms with E-state index in [1.807, 2.05) is 19.1 Å². The lowest BCUT2D eigenvalue weighted by Gasteiger charge is -2.26. The van der Waals surface area contributed by atoms with Crippen molar-refractivity contribution in [2.75, 3.05) is 0 Å². The van der Waals surface area contributed by atoms with E-state index in [0.29, 0.717) is 10.9 Å². The van der Waals surface area contributed by atoms with Crippen molar-refractivity contribution in [2.45, 2.75) is 32.2 Å². The number of aryl methyl sites for hydroxylation is 1. The van der Waals surface area contributed by atoms with E-state index in [0.717, 1.165) is 24.8 Å². The zero-order chi connectivity index (χ0) is 12.0. The minimum Gasteiger partial charge on any atom is -0.307 e. The van der Waals surface area contributed by atoms with Crippen molar-refractivity contribution in [3.05, 3.63) is 44.6 Å². The van der Waals surface area contributed by atoms with Gasteiger partial charge in [0.15, 0.2) is 0 Å². The molecule has 0 saturated heterocycles. The van der Waals surface area contributed by atoms with Crippen molar-refractivity contribution in [2.24, 2.45) is 0 Å². The number of aromatic nitrogens is 2. The summed E-state index contributed by atoms with van der Waals surface area (Å²) in [5.74, 6) is 0. The first-order valence-corrected chi connectivity index (χ1v) is 5.92. The van der Waals surface area contributed by atoms with Gasteiger partial charge in [-0.05, 0) is 38.3 Å². The number of H-pyrrole nitrogens is 1. The summed E-state index contributed by atoms with van der Waals surface area (Å²) in [4.78, 5) is 26.9. The van der Waals surface area contributed by atoms with Crippen molar-refractivity contribution in [1.82, 2.24) is 9.55 Å². The smallest absolute Gasteiger partial charge is 0.307 e. The summed E-state index contributed by atoms with van der Waals surface area (Å²) in [5, 5.41) is 0.608. The van der Waals surface area contributed by atoms with Gasteiger partial charge in [0, 0.05) is 6.04 Å². The van der Waals surface area contributed by atoms with Crippen LogP contribution in [0.5, 0.6) is 0 Å². The highest BCUT2D eigenvalue weighted by atomic mass is 16.2. The van der Waals surface area contributed by atoms with Crippen LogP contribution in [-0.4, -0.2) is 9.55 Å². The minimum atomic E-state index is -0.281. The quantitative estimate of drug-likeness (QED) is 0.811. The average Bonchev–Trinajstić information content (AvgIpc) is 2.23. The Morgan fingerprint density at radius 3 is 2.71 bits per heavy atom. The molecule has 1 fully saturated rings. The third kappa shape index (κ3) is 1.52. The van der Waals surface area contributed by atoms with Crippen LogP contribution in [0.2, 0.25) is 0 Å². The first-order chi connectivity index (χ1) is 8.16. The van der Waals surface area contributed by atoms with E-state index in [-0.39, 0.29) is 17.3 Å². The Hall–Kier alpha value is -1.84. The zero-order valence-electron chi connectivity index (χ0n) is 9.69. The van der Waals surface area contributed by atoms with Gasteiger partial charge in [-0.3, -0.25) is 9.36 Å². The Kier molecular flexibility index (Phi) is 2.18. The SMILES string of the molecule is Cc1ccc2[nH]c(=O)n(C3CCC3)c(=O)c2c1. The molecule has 3 rings (SSSR count). The van der Waals surface area contributed by atoms with Gasteiger partial charge in [0.05, 0.1) is 10.9 Å². The maximum absolute atomic E-state index is 12.3. The molecule has 4 nitrogen and oxygen atoms in total. The van der Waals surface area contributed by atoms with E-state index in [4.69, 9.17) is 0 Å². The number of aromatic amines is 1. The molecule has 1 heterocycles. The second-order valence-electron chi connectivity index (χ2n) is 4.74. The molecule has 0 aliphatic heterocycles. The van der Waals surface area contributed by atoms with Crippen LogP contribution in [0, 0.1) is 6.92 Å². The van der Waals surface area contributed by atoms with Crippen LogP contribution < -0.4 is 11.2 Å². The summed E-state index contributed by atoms with van der Waals surface area (Å²) in [6, 6.07) is 5.61. The van der Waals surface area contributed by atoms with Gasteiger partial charge in [-0.1, -0.05) is 11.6 Å². The lowest BCUT2D eigenvalue weighted by Crippen LogP contribution is -2.40. The van der Waals surface area contributed by atoms with Gasteiger partial charge in [-0.25, -0.2) is 4.79 Å². The first-order valence-electron chi connectivity index (χ1n) is 5.92. The lowest BCUT2D eigenvalue weighted by atomic mass is 9.93. The fourth-order valence-corrected chi connectivity index (χ4v) is 2.32. The predicted molar refractivity (Wildman–Crippen MR) is 66.5 cm³/mol. The Balaban J connectivity index is 2.36. The molecular formula is C13H14N2O2. The van der Waals surface area contributed by atoms with E-state index >= 15 is 0 Å². The number of benzene rings is 1. The van der Waals surface area contributed by atoms with Crippen molar-refractivity contribution in [1.29, 1.82) is 0 Å². The second kappa shape index (κ2) is 3.58. The molecule has 1 N–H and O–H groups in total. The predicted octanol–water partition coefficient (Wildman–Crippen LogP) is 1.72. The highest BCUT2D eigenvalue weighted by molar-refractivity contribution is 5.77. The fraction of sp³-hybridized carbons (Fsp3) is 0.385. The van der Waals surface area contributed by atoms with Crippen molar-refractivity contribution in [3.8, 4) is 0 Å². The van der Waals surface area contributed by atoms with E-state index < -0.39 is 0 Å².